The minimum Gasteiger partial charge on any atom is -0.267 e. The Morgan fingerprint density at radius 1 is 1.18 bits per heavy atom. The second-order valence-corrected chi connectivity index (χ2v) is 7.60. The monoisotopic (exact) mass is 404 g/mol. The Bertz CT molecular complexity index is 983. The number of nitro groups is 1. The van der Waals surface area contributed by atoms with Gasteiger partial charge in [0.2, 0.25) is 10.0 Å². The van der Waals surface area contributed by atoms with Gasteiger partial charge in [-0.1, -0.05) is 19.9 Å². The van der Waals surface area contributed by atoms with Crippen LogP contribution < -0.4 is 5.43 Å². The predicted molar refractivity (Wildman–Crippen MR) is 105 cm³/mol. The molecule has 2 aromatic carbocycles. The van der Waals surface area contributed by atoms with E-state index < -0.39 is 20.9 Å². The van der Waals surface area contributed by atoms with E-state index in [1.165, 1.54) is 59.1 Å². The molecule has 0 bridgehead atoms. The number of amides is 1. The van der Waals surface area contributed by atoms with Gasteiger partial charge in [-0.05, 0) is 35.9 Å². The number of hydrazone groups is 1. The number of non-ortho nitro benzene ring substituents is 1. The maximum absolute atomic E-state index is 12.6. The van der Waals surface area contributed by atoms with Gasteiger partial charge < -0.3 is 0 Å². The first-order valence-corrected chi connectivity index (χ1v) is 9.91. The third-order valence-electron chi connectivity index (χ3n) is 3.92. The Morgan fingerprint density at radius 3 is 2.39 bits per heavy atom. The van der Waals surface area contributed by atoms with E-state index in [-0.39, 0.29) is 16.1 Å². The van der Waals surface area contributed by atoms with Gasteiger partial charge in [0.25, 0.3) is 11.6 Å². The molecule has 2 aromatic rings. The van der Waals surface area contributed by atoms with E-state index in [1.807, 2.05) is 0 Å². The fraction of sp³-hybridized carbons (Fsp3) is 0.222. The Labute approximate surface area is 162 Å². The van der Waals surface area contributed by atoms with Gasteiger partial charge in [0.05, 0.1) is 16.0 Å². The summed E-state index contributed by atoms with van der Waals surface area (Å²) in [5, 5.41) is 14.4. The molecule has 0 atom stereocenters. The average molecular weight is 404 g/mol. The first-order chi connectivity index (χ1) is 13.3. The van der Waals surface area contributed by atoms with Crippen molar-refractivity contribution in [3.05, 3.63) is 69.8 Å². The number of nitro benzene ring substituents is 1. The Balaban J connectivity index is 2.11. The van der Waals surface area contributed by atoms with E-state index >= 15 is 0 Å². The van der Waals surface area contributed by atoms with Crippen molar-refractivity contribution in [2.75, 3.05) is 13.1 Å². The maximum Gasteiger partial charge on any atom is 0.271 e. The zero-order valence-corrected chi connectivity index (χ0v) is 16.2. The zero-order chi connectivity index (χ0) is 20.7. The molecule has 148 valence electrons. The number of nitrogens with zero attached hydrogens (tertiary/aromatic N) is 3. The van der Waals surface area contributed by atoms with Crippen LogP contribution in [0.25, 0.3) is 0 Å². The minimum absolute atomic E-state index is 0.0307. The number of benzene rings is 2. The van der Waals surface area contributed by atoms with E-state index in [0.29, 0.717) is 18.7 Å². The third kappa shape index (κ3) is 4.99. The van der Waals surface area contributed by atoms with E-state index in [4.69, 9.17) is 0 Å². The number of carbonyl (C=O) groups excluding carboxylic acids is 1. The molecule has 0 saturated carbocycles. The summed E-state index contributed by atoms with van der Waals surface area (Å²) in [7, 11) is -3.67. The number of hydrogen-bond acceptors (Lipinski definition) is 6. The highest BCUT2D eigenvalue weighted by Crippen LogP contribution is 2.17. The smallest absolute Gasteiger partial charge is 0.267 e. The quantitative estimate of drug-likeness (QED) is 0.411. The van der Waals surface area contributed by atoms with Gasteiger partial charge in [0.1, 0.15) is 0 Å². The molecule has 0 aliphatic heterocycles. The molecule has 28 heavy (non-hydrogen) atoms. The molecule has 0 aliphatic carbocycles. The molecule has 1 N–H and O–H groups in total. The van der Waals surface area contributed by atoms with Gasteiger partial charge in [-0.3, -0.25) is 14.9 Å². The van der Waals surface area contributed by atoms with Crippen molar-refractivity contribution in [3.63, 3.8) is 0 Å². The van der Waals surface area contributed by atoms with Crippen LogP contribution in [0.15, 0.2) is 58.5 Å². The predicted octanol–water partition coefficient (Wildman–Crippen LogP) is 2.39. The molecular weight excluding hydrogens is 384 g/mol. The highest BCUT2D eigenvalue weighted by molar-refractivity contribution is 7.89. The fourth-order valence-electron chi connectivity index (χ4n) is 2.42. The van der Waals surface area contributed by atoms with Crippen molar-refractivity contribution in [2.45, 2.75) is 18.7 Å². The first-order valence-electron chi connectivity index (χ1n) is 8.47. The van der Waals surface area contributed by atoms with Crippen molar-refractivity contribution in [3.8, 4) is 0 Å². The summed E-state index contributed by atoms with van der Waals surface area (Å²) in [5.74, 6) is -0.574. The van der Waals surface area contributed by atoms with Crippen LogP contribution in [-0.2, 0) is 10.0 Å². The van der Waals surface area contributed by atoms with Crippen molar-refractivity contribution in [1.82, 2.24) is 9.73 Å². The molecular formula is C18H20N4O5S. The van der Waals surface area contributed by atoms with E-state index in [9.17, 15) is 23.3 Å². The normalized spacial score (nSPS) is 11.7. The molecule has 0 spiro atoms. The molecule has 0 radical (unpaired) electrons. The van der Waals surface area contributed by atoms with Crippen LogP contribution in [-0.4, -0.2) is 42.9 Å². The average Bonchev–Trinajstić information content (AvgIpc) is 2.69. The van der Waals surface area contributed by atoms with Crippen molar-refractivity contribution >= 4 is 27.8 Å². The number of rotatable bonds is 8. The van der Waals surface area contributed by atoms with Crippen LogP contribution in [0.1, 0.15) is 29.8 Å². The second-order valence-electron chi connectivity index (χ2n) is 5.66. The summed E-state index contributed by atoms with van der Waals surface area (Å²) in [6, 6.07) is 11.3. The number of sulfonamides is 1. The van der Waals surface area contributed by atoms with Gasteiger partial charge in [-0.2, -0.15) is 9.41 Å². The summed E-state index contributed by atoms with van der Waals surface area (Å²) < 4.78 is 26.4. The molecule has 0 aliphatic rings. The molecule has 2 rings (SSSR count). The summed E-state index contributed by atoms with van der Waals surface area (Å²) in [6.45, 7) is 4.14. The third-order valence-corrected chi connectivity index (χ3v) is 5.97. The van der Waals surface area contributed by atoms with E-state index in [0.717, 1.165) is 0 Å². The number of carbonyl (C=O) groups is 1. The standard InChI is InChI=1S/C18H20N4O5S/c1-3-21(4-2)28(26,27)17-7-5-6-15(12-17)18(23)20-19-13-14-8-10-16(11-9-14)22(24)25/h5-13H,3-4H2,1-2H3,(H,20,23)/b19-13-. The molecule has 0 aromatic heterocycles. The van der Waals surface area contributed by atoms with Crippen LogP contribution >= 0.6 is 0 Å². The topological polar surface area (TPSA) is 122 Å². The molecule has 0 saturated heterocycles. The summed E-state index contributed by atoms with van der Waals surface area (Å²) in [5.41, 5.74) is 2.97. The number of nitrogens with one attached hydrogen (secondary N) is 1. The van der Waals surface area contributed by atoms with E-state index in [1.54, 1.807) is 13.8 Å². The minimum atomic E-state index is -3.67. The highest BCUT2D eigenvalue weighted by atomic mass is 32.2. The molecule has 0 heterocycles. The van der Waals surface area contributed by atoms with Crippen LogP contribution in [0.4, 0.5) is 5.69 Å². The zero-order valence-electron chi connectivity index (χ0n) is 15.4. The van der Waals surface area contributed by atoms with Crippen LogP contribution in [0.3, 0.4) is 0 Å². The SMILES string of the molecule is CCN(CC)S(=O)(=O)c1cccc(C(=O)N/N=C\c2ccc([N+](=O)[O-])cc2)c1. The van der Waals surface area contributed by atoms with Crippen molar-refractivity contribution < 1.29 is 18.1 Å². The summed E-state index contributed by atoms with van der Waals surface area (Å²) in [6.07, 6.45) is 1.33. The largest absolute Gasteiger partial charge is 0.271 e. The first kappa shape index (κ1) is 21.2. The lowest BCUT2D eigenvalue weighted by atomic mass is 10.2. The number of hydrogen-bond donors (Lipinski definition) is 1. The lowest BCUT2D eigenvalue weighted by molar-refractivity contribution is -0.384. The van der Waals surface area contributed by atoms with Crippen molar-refractivity contribution in [1.29, 1.82) is 0 Å². The van der Waals surface area contributed by atoms with Gasteiger partial charge in [-0.15, -0.1) is 0 Å². The summed E-state index contributed by atoms with van der Waals surface area (Å²) in [4.78, 5) is 22.4. The van der Waals surface area contributed by atoms with Crippen LogP contribution in [0.5, 0.6) is 0 Å². The summed E-state index contributed by atoms with van der Waals surface area (Å²) >= 11 is 0. The molecule has 0 unspecified atom stereocenters. The van der Waals surface area contributed by atoms with E-state index in [2.05, 4.69) is 10.5 Å². The Kier molecular flexibility index (Phi) is 6.96. The molecule has 10 heteroatoms. The Morgan fingerprint density at radius 2 is 1.82 bits per heavy atom. The van der Waals surface area contributed by atoms with Gasteiger partial charge in [0, 0.05) is 30.8 Å². The maximum atomic E-state index is 12.6. The molecule has 0 fully saturated rings. The lowest BCUT2D eigenvalue weighted by Crippen LogP contribution is -2.30. The fourth-order valence-corrected chi connectivity index (χ4v) is 3.93. The van der Waals surface area contributed by atoms with Gasteiger partial charge >= 0.3 is 0 Å². The molecule has 9 nitrogen and oxygen atoms in total. The molecule has 1 amide bonds. The van der Waals surface area contributed by atoms with Crippen LogP contribution in [0.2, 0.25) is 0 Å². The van der Waals surface area contributed by atoms with Crippen molar-refractivity contribution in [2.24, 2.45) is 5.10 Å². The van der Waals surface area contributed by atoms with Crippen LogP contribution in [0, 0.1) is 10.1 Å². The second kappa shape index (κ2) is 9.20. The Hall–Kier alpha value is -3.11. The van der Waals surface area contributed by atoms with Gasteiger partial charge in [-0.25, -0.2) is 13.8 Å². The lowest BCUT2D eigenvalue weighted by Gasteiger charge is -2.18. The highest BCUT2D eigenvalue weighted by Gasteiger charge is 2.22. The van der Waals surface area contributed by atoms with Gasteiger partial charge in [0.15, 0.2) is 0 Å².